The highest BCUT2D eigenvalue weighted by atomic mass is 35.5. The Morgan fingerprint density at radius 3 is 2.71 bits per heavy atom. The number of carboxylic acid groups (broad SMARTS) is 1. The Balaban J connectivity index is 1.21. The molecule has 2 fully saturated rings. The van der Waals surface area contributed by atoms with E-state index >= 15 is 0 Å². The van der Waals surface area contributed by atoms with Gasteiger partial charge in [-0.3, -0.25) is 19.3 Å². The van der Waals surface area contributed by atoms with E-state index in [1.165, 1.54) is 11.3 Å². The number of benzene rings is 1. The van der Waals surface area contributed by atoms with E-state index in [1.54, 1.807) is 41.3 Å². The van der Waals surface area contributed by atoms with Crippen molar-refractivity contribution in [2.75, 3.05) is 26.7 Å². The molecule has 1 aromatic carbocycles. The van der Waals surface area contributed by atoms with Gasteiger partial charge in [-0.15, -0.1) is 11.3 Å². The number of nitriles is 1. The van der Waals surface area contributed by atoms with Crippen LogP contribution in [0, 0.1) is 30.1 Å². The Morgan fingerprint density at radius 1 is 1.22 bits per heavy atom. The van der Waals surface area contributed by atoms with Gasteiger partial charge >= 0.3 is 5.97 Å². The first kappa shape index (κ1) is 29.3. The second kappa shape index (κ2) is 11.2. The summed E-state index contributed by atoms with van der Waals surface area (Å²) in [5, 5.41) is 22.3. The Morgan fingerprint density at radius 2 is 2.00 bits per heavy atom. The van der Waals surface area contributed by atoms with Crippen molar-refractivity contribution in [3.05, 3.63) is 79.6 Å². The van der Waals surface area contributed by atoms with Gasteiger partial charge in [0, 0.05) is 46.2 Å². The molecule has 228 valence electrons. The van der Waals surface area contributed by atoms with Gasteiger partial charge in [-0.05, 0) is 56.5 Å². The molecule has 1 aliphatic carbocycles. The van der Waals surface area contributed by atoms with Gasteiger partial charge in [0.25, 0.3) is 5.56 Å². The second-order valence-electron chi connectivity index (χ2n) is 11.7. The third kappa shape index (κ3) is 4.94. The molecule has 4 aromatic heterocycles. The molecule has 3 atom stereocenters. The van der Waals surface area contributed by atoms with Crippen LogP contribution >= 0.6 is 22.9 Å². The normalized spacial score (nSPS) is 19.1. The number of hydrogen-bond acceptors (Lipinski definition) is 9. The smallest absolute Gasteiger partial charge is 0.338 e. The summed E-state index contributed by atoms with van der Waals surface area (Å²) < 4.78 is 8.55. The standard InChI is InChI=1S/C33H29ClN6O4S/c1-4-18-10-20(31-30(38-18)24(15-45-31)33(42)43)19-9-17(34)5-6-26(19)44-8-7-40-16(2)37-25-12-36-29(21(11-35)28(25)32(40)41)27-22-13-39(3)14-23(22)27/h5-6,9-10,12,15,22-23,27H,4,7-8,13-14H2,1-3H3,(H,42,43)/t22-,23+,27?. The average Bonchev–Trinajstić information content (AvgIpc) is 3.31. The fraction of sp³-hybridized carbons (Fsp3) is 0.333. The number of carbonyl (C=O) groups is 1. The lowest BCUT2D eigenvalue weighted by Gasteiger charge is -2.16. The summed E-state index contributed by atoms with van der Waals surface area (Å²) in [5.74, 6) is 1.13. The van der Waals surface area contributed by atoms with E-state index in [-0.39, 0.29) is 30.2 Å². The number of piperidine rings is 1. The van der Waals surface area contributed by atoms with Gasteiger partial charge in [-0.2, -0.15) is 5.26 Å². The van der Waals surface area contributed by atoms with Gasteiger partial charge in [0.15, 0.2) is 0 Å². The molecule has 1 aliphatic heterocycles. The molecule has 1 unspecified atom stereocenters. The quantitative estimate of drug-likeness (QED) is 0.233. The van der Waals surface area contributed by atoms with Gasteiger partial charge in [0.2, 0.25) is 0 Å². The Kier molecular flexibility index (Phi) is 7.31. The van der Waals surface area contributed by atoms with Crippen molar-refractivity contribution in [3.8, 4) is 22.9 Å². The van der Waals surface area contributed by atoms with Crippen LogP contribution in [0.3, 0.4) is 0 Å². The summed E-state index contributed by atoms with van der Waals surface area (Å²) in [7, 11) is 2.10. The molecule has 2 aliphatic rings. The van der Waals surface area contributed by atoms with Gasteiger partial charge in [0.05, 0.1) is 50.7 Å². The number of nitrogens with zero attached hydrogens (tertiary/aromatic N) is 6. The van der Waals surface area contributed by atoms with E-state index in [1.807, 2.05) is 13.0 Å². The number of pyridine rings is 2. The van der Waals surface area contributed by atoms with Crippen molar-refractivity contribution in [1.29, 1.82) is 5.26 Å². The molecule has 1 saturated carbocycles. The zero-order valence-corrected chi connectivity index (χ0v) is 26.4. The fourth-order valence-electron chi connectivity index (χ4n) is 6.79. The first-order chi connectivity index (χ1) is 21.7. The van der Waals surface area contributed by atoms with E-state index in [9.17, 15) is 20.0 Å². The maximum absolute atomic E-state index is 13.9. The summed E-state index contributed by atoms with van der Waals surface area (Å²) in [6.45, 7) is 6.00. The lowest BCUT2D eigenvalue weighted by atomic mass is 10.0. The van der Waals surface area contributed by atoms with Gasteiger partial charge in [-0.1, -0.05) is 18.5 Å². The van der Waals surface area contributed by atoms with Crippen LogP contribution in [-0.4, -0.2) is 62.2 Å². The molecular formula is C33H29ClN6O4S. The minimum atomic E-state index is -1.03. The third-order valence-electron chi connectivity index (χ3n) is 9.00. The van der Waals surface area contributed by atoms with Gasteiger partial charge in [0.1, 0.15) is 24.3 Å². The zero-order chi connectivity index (χ0) is 31.6. The highest BCUT2D eigenvalue weighted by Gasteiger charge is 2.57. The number of hydrogen-bond donors (Lipinski definition) is 1. The number of aromatic nitrogens is 4. The van der Waals surface area contributed by atoms with Crippen LogP contribution < -0.4 is 10.3 Å². The number of aromatic carboxylic acids is 1. The van der Waals surface area contributed by atoms with Crippen LogP contribution in [0.5, 0.6) is 5.75 Å². The van der Waals surface area contributed by atoms with Crippen molar-refractivity contribution in [2.45, 2.75) is 32.7 Å². The molecule has 0 spiro atoms. The number of ether oxygens (including phenoxy) is 1. The monoisotopic (exact) mass is 640 g/mol. The molecule has 1 saturated heterocycles. The summed E-state index contributed by atoms with van der Waals surface area (Å²) in [6.07, 6.45) is 2.24. The number of fused-ring (bicyclic) bond motifs is 3. The highest BCUT2D eigenvalue weighted by molar-refractivity contribution is 7.18. The van der Waals surface area contributed by atoms with Crippen LogP contribution in [-0.2, 0) is 13.0 Å². The molecule has 7 rings (SSSR count). The first-order valence-corrected chi connectivity index (χ1v) is 16.0. The van der Waals surface area contributed by atoms with E-state index in [0.717, 1.165) is 29.0 Å². The predicted molar refractivity (Wildman–Crippen MR) is 172 cm³/mol. The maximum atomic E-state index is 13.9. The number of halogens is 1. The van der Waals surface area contributed by atoms with E-state index in [0.29, 0.717) is 68.1 Å². The summed E-state index contributed by atoms with van der Waals surface area (Å²) >= 11 is 7.74. The molecule has 0 bridgehead atoms. The number of aryl methyl sites for hydroxylation is 2. The third-order valence-corrected chi connectivity index (χ3v) is 10.2. The molecule has 1 N–H and O–H groups in total. The molecular weight excluding hydrogens is 612 g/mol. The molecule has 12 heteroatoms. The van der Waals surface area contributed by atoms with E-state index in [2.05, 4.69) is 33.0 Å². The lowest BCUT2D eigenvalue weighted by molar-refractivity contribution is 0.0699. The largest absolute Gasteiger partial charge is 0.491 e. The SMILES string of the molecule is CCc1cc(-c2cc(Cl)ccc2OCCn2c(C)nc3cnc(C4[C@H]5CN(C)C[C@@H]45)c(C#N)c3c2=O)c2scc(C(=O)O)c2n1. The van der Waals surface area contributed by atoms with Crippen LogP contribution in [0.15, 0.2) is 40.6 Å². The van der Waals surface area contributed by atoms with Crippen LogP contribution in [0.2, 0.25) is 5.02 Å². The van der Waals surface area contributed by atoms with E-state index in [4.69, 9.17) is 16.3 Å². The maximum Gasteiger partial charge on any atom is 0.338 e. The highest BCUT2D eigenvalue weighted by Crippen LogP contribution is 2.58. The molecule has 5 heterocycles. The minimum absolute atomic E-state index is 0.140. The van der Waals surface area contributed by atoms with Crippen molar-refractivity contribution < 1.29 is 14.6 Å². The van der Waals surface area contributed by atoms with Crippen molar-refractivity contribution in [3.63, 3.8) is 0 Å². The average molecular weight is 641 g/mol. The van der Waals surface area contributed by atoms with Crippen molar-refractivity contribution in [1.82, 2.24) is 24.4 Å². The Bertz CT molecular complexity index is 2120. The van der Waals surface area contributed by atoms with Gasteiger partial charge in [-0.25, -0.2) is 9.78 Å². The molecule has 5 aromatic rings. The zero-order valence-electron chi connectivity index (χ0n) is 24.9. The number of carboxylic acids is 1. The number of rotatable bonds is 8. The summed E-state index contributed by atoms with van der Waals surface area (Å²) in [5.41, 5.74) is 3.98. The second-order valence-corrected chi connectivity index (χ2v) is 13.0. The minimum Gasteiger partial charge on any atom is -0.491 e. The lowest BCUT2D eigenvalue weighted by Crippen LogP contribution is -2.27. The predicted octanol–water partition coefficient (Wildman–Crippen LogP) is 5.52. The van der Waals surface area contributed by atoms with Crippen LogP contribution in [0.25, 0.3) is 32.2 Å². The number of likely N-dealkylation sites (tertiary alicyclic amines) is 1. The van der Waals surface area contributed by atoms with Crippen LogP contribution in [0.4, 0.5) is 0 Å². The first-order valence-electron chi connectivity index (χ1n) is 14.8. The molecule has 10 nitrogen and oxygen atoms in total. The van der Waals surface area contributed by atoms with Crippen molar-refractivity contribution >= 4 is 50.0 Å². The molecule has 45 heavy (non-hydrogen) atoms. The van der Waals surface area contributed by atoms with Gasteiger partial charge < -0.3 is 14.7 Å². The fourth-order valence-corrected chi connectivity index (χ4v) is 7.97. The summed E-state index contributed by atoms with van der Waals surface area (Å²) in [4.78, 5) is 41.9. The Hall–Kier alpha value is -4.37. The number of thiophene rings is 1. The summed E-state index contributed by atoms with van der Waals surface area (Å²) in [6, 6.07) is 9.50. The topological polar surface area (TPSA) is 134 Å². The molecule has 0 radical (unpaired) electrons. The van der Waals surface area contributed by atoms with Crippen molar-refractivity contribution in [2.24, 2.45) is 11.8 Å². The van der Waals surface area contributed by atoms with Crippen LogP contribution in [0.1, 0.15) is 46.0 Å². The molecule has 0 amide bonds. The van der Waals surface area contributed by atoms with E-state index < -0.39 is 5.97 Å². The Labute approximate surface area is 267 Å².